The van der Waals surface area contributed by atoms with Crippen LogP contribution < -0.4 is 0 Å². The molecule has 0 bridgehead atoms. The van der Waals surface area contributed by atoms with Crippen LogP contribution in [0.5, 0.6) is 0 Å². The van der Waals surface area contributed by atoms with Gasteiger partial charge in [0.25, 0.3) is 0 Å². The molecule has 2 nitrogen and oxygen atoms in total. The molecule has 1 aliphatic carbocycles. The van der Waals surface area contributed by atoms with E-state index >= 15 is 0 Å². The first-order valence-electron chi connectivity index (χ1n) is 2.33. The summed E-state index contributed by atoms with van der Waals surface area (Å²) < 4.78 is 0. The molecule has 39 valence electrons. The Hall–Kier alpha value is -0.530. The van der Waals surface area contributed by atoms with Crippen LogP contribution in [0.1, 0.15) is 6.42 Å². The van der Waals surface area contributed by atoms with Crippen LogP contribution in [-0.2, 0) is 4.84 Å². The maximum Gasteiger partial charge on any atom is 0.106 e. The summed E-state index contributed by atoms with van der Waals surface area (Å²) in [6.45, 7) is 0. The molecular formula is C5H8NO. The second-order valence-electron chi connectivity index (χ2n) is 1.57. The van der Waals surface area contributed by atoms with Crippen molar-refractivity contribution >= 4 is 6.21 Å². The Balaban J connectivity index is 2.05. The first kappa shape index (κ1) is 4.62. The molecule has 0 saturated heterocycles. The molecule has 0 heterocycles. The summed E-state index contributed by atoms with van der Waals surface area (Å²) >= 11 is 0. The minimum Gasteiger partial charge on any atom is -0.399 e. The van der Waals surface area contributed by atoms with Gasteiger partial charge in [0.05, 0.1) is 0 Å². The lowest BCUT2D eigenvalue weighted by Crippen LogP contribution is -1.75. The molecule has 0 aromatic heterocycles. The van der Waals surface area contributed by atoms with Gasteiger partial charge >= 0.3 is 0 Å². The average molecular weight is 98.1 g/mol. The fourth-order valence-corrected chi connectivity index (χ4v) is 0.339. The number of nitrogens with zero attached hydrogens (tertiary/aromatic N) is 1. The summed E-state index contributed by atoms with van der Waals surface area (Å²) in [6, 6.07) is 0. The molecule has 1 saturated carbocycles. The number of rotatable bonds is 2. The molecule has 0 aliphatic heterocycles. The normalized spacial score (nSPS) is 20.7. The summed E-state index contributed by atoms with van der Waals surface area (Å²) in [6.07, 6.45) is 5.15. The van der Waals surface area contributed by atoms with Crippen molar-refractivity contribution in [3.8, 4) is 0 Å². The van der Waals surface area contributed by atoms with Crippen molar-refractivity contribution in [3.63, 3.8) is 0 Å². The van der Waals surface area contributed by atoms with Crippen molar-refractivity contribution in [3.05, 3.63) is 6.42 Å². The zero-order valence-electron chi connectivity index (χ0n) is 4.29. The molecule has 2 heteroatoms. The predicted molar refractivity (Wildman–Crippen MR) is 27.9 cm³/mol. The van der Waals surface area contributed by atoms with Crippen LogP contribution in [0.2, 0.25) is 0 Å². The van der Waals surface area contributed by atoms with E-state index < -0.39 is 0 Å². The summed E-state index contributed by atoms with van der Waals surface area (Å²) in [5.74, 6) is 0.611. The lowest BCUT2D eigenvalue weighted by atomic mass is 10.5. The van der Waals surface area contributed by atoms with Gasteiger partial charge in [0.15, 0.2) is 0 Å². The van der Waals surface area contributed by atoms with Crippen molar-refractivity contribution in [1.82, 2.24) is 0 Å². The summed E-state index contributed by atoms with van der Waals surface area (Å²) in [7, 11) is 1.55. The topological polar surface area (TPSA) is 21.6 Å². The molecule has 1 atom stereocenters. The van der Waals surface area contributed by atoms with Gasteiger partial charge in [0.1, 0.15) is 7.11 Å². The van der Waals surface area contributed by atoms with Crippen LogP contribution in [-0.4, -0.2) is 13.3 Å². The Kier molecular flexibility index (Phi) is 1.29. The molecule has 1 aliphatic rings. The highest BCUT2D eigenvalue weighted by Crippen LogP contribution is 2.24. The highest BCUT2D eigenvalue weighted by Gasteiger charge is 2.18. The van der Waals surface area contributed by atoms with Crippen LogP contribution in [0.25, 0.3) is 0 Å². The lowest BCUT2D eigenvalue weighted by Gasteiger charge is -1.80. The Bertz CT molecular complexity index is 76.1. The van der Waals surface area contributed by atoms with E-state index in [9.17, 15) is 0 Å². The number of oxime groups is 1. The Morgan fingerprint density at radius 2 is 2.71 bits per heavy atom. The van der Waals surface area contributed by atoms with Crippen molar-refractivity contribution in [2.75, 3.05) is 7.11 Å². The Labute approximate surface area is 43.2 Å². The van der Waals surface area contributed by atoms with E-state index in [2.05, 4.69) is 16.4 Å². The summed E-state index contributed by atoms with van der Waals surface area (Å²) in [5.41, 5.74) is 0. The van der Waals surface area contributed by atoms with E-state index in [1.807, 2.05) is 0 Å². The van der Waals surface area contributed by atoms with Gasteiger partial charge in [-0.3, -0.25) is 0 Å². The third-order valence-electron chi connectivity index (χ3n) is 0.866. The highest BCUT2D eigenvalue weighted by atomic mass is 16.6. The summed E-state index contributed by atoms with van der Waals surface area (Å²) in [5, 5.41) is 3.58. The molecule has 0 amide bonds. The van der Waals surface area contributed by atoms with E-state index in [-0.39, 0.29) is 0 Å². The lowest BCUT2D eigenvalue weighted by molar-refractivity contribution is 0.214. The molecule has 1 rings (SSSR count). The van der Waals surface area contributed by atoms with Crippen LogP contribution >= 0.6 is 0 Å². The molecule has 1 unspecified atom stereocenters. The largest absolute Gasteiger partial charge is 0.399 e. The van der Waals surface area contributed by atoms with E-state index in [1.165, 1.54) is 6.42 Å². The SMILES string of the molecule is CON=CC1[CH]C1. The monoisotopic (exact) mass is 98.1 g/mol. The predicted octanol–water partition coefficient (Wildman–Crippen LogP) is 0.843. The number of hydrogen-bond acceptors (Lipinski definition) is 2. The van der Waals surface area contributed by atoms with Gasteiger partial charge in [-0.15, -0.1) is 0 Å². The second-order valence-corrected chi connectivity index (χ2v) is 1.57. The maximum absolute atomic E-state index is 4.44. The van der Waals surface area contributed by atoms with Crippen molar-refractivity contribution in [1.29, 1.82) is 0 Å². The van der Waals surface area contributed by atoms with Gasteiger partial charge in [0, 0.05) is 12.1 Å². The average Bonchev–Trinajstić information content (AvgIpc) is 2.42. The Morgan fingerprint density at radius 1 is 2.00 bits per heavy atom. The zero-order chi connectivity index (χ0) is 5.11. The third-order valence-corrected chi connectivity index (χ3v) is 0.866. The Morgan fingerprint density at radius 3 is 3.14 bits per heavy atom. The second kappa shape index (κ2) is 1.96. The maximum atomic E-state index is 4.44. The van der Waals surface area contributed by atoms with E-state index in [4.69, 9.17) is 0 Å². The minimum absolute atomic E-state index is 0.611. The molecule has 0 spiro atoms. The van der Waals surface area contributed by atoms with Gasteiger partial charge in [-0.2, -0.15) is 0 Å². The van der Waals surface area contributed by atoms with E-state index in [1.54, 1.807) is 13.3 Å². The van der Waals surface area contributed by atoms with Gasteiger partial charge in [0.2, 0.25) is 0 Å². The molecule has 1 fully saturated rings. The standard InChI is InChI=1S/C5H8NO/c1-7-6-4-5-2-3-5/h2,4-5H,3H2,1H3. The van der Waals surface area contributed by atoms with Crippen molar-refractivity contribution in [2.24, 2.45) is 11.1 Å². The third kappa shape index (κ3) is 1.57. The van der Waals surface area contributed by atoms with Gasteiger partial charge < -0.3 is 4.84 Å². The molecule has 0 aromatic carbocycles. The van der Waals surface area contributed by atoms with Crippen molar-refractivity contribution < 1.29 is 4.84 Å². The van der Waals surface area contributed by atoms with Gasteiger partial charge in [-0.25, -0.2) is 0 Å². The molecule has 0 aromatic rings. The van der Waals surface area contributed by atoms with Gasteiger partial charge in [-0.05, 0) is 12.8 Å². The summed E-state index contributed by atoms with van der Waals surface area (Å²) in [4.78, 5) is 4.44. The van der Waals surface area contributed by atoms with Gasteiger partial charge in [-0.1, -0.05) is 5.16 Å². The fraction of sp³-hybridized carbons (Fsp3) is 0.600. The number of hydrogen-bond donors (Lipinski definition) is 0. The van der Waals surface area contributed by atoms with Crippen LogP contribution in [0.4, 0.5) is 0 Å². The molecule has 7 heavy (non-hydrogen) atoms. The van der Waals surface area contributed by atoms with Crippen molar-refractivity contribution in [2.45, 2.75) is 6.42 Å². The molecular weight excluding hydrogens is 90.1 g/mol. The molecule has 1 radical (unpaired) electrons. The first-order valence-corrected chi connectivity index (χ1v) is 2.33. The zero-order valence-corrected chi connectivity index (χ0v) is 4.29. The highest BCUT2D eigenvalue weighted by molar-refractivity contribution is 5.66. The van der Waals surface area contributed by atoms with E-state index in [0.29, 0.717) is 5.92 Å². The quantitative estimate of drug-likeness (QED) is 0.370. The fourth-order valence-electron chi connectivity index (χ4n) is 0.339. The van der Waals surface area contributed by atoms with Crippen LogP contribution in [0.15, 0.2) is 5.16 Å². The van der Waals surface area contributed by atoms with E-state index in [0.717, 1.165) is 0 Å². The minimum atomic E-state index is 0.611. The molecule has 0 N–H and O–H groups in total. The van der Waals surface area contributed by atoms with Crippen LogP contribution in [0.3, 0.4) is 0 Å². The smallest absolute Gasteiger partial charge is 0.106 e. The van der Waals surface area contributed by atoms with Crippen LogP contribution in [0, 0.1) is 12.3 Å². The first-order chi connectivity index (χ1) is 3.43.